The molecule has 1 saturated carbocycles. The number of hydrogen-bond acceptors (Lipinski definition) is 1. The molecule has 0 heterocycles. The average molecular weight is 124 g/mol. The highest BCUT2D eigenvalue weighted by molar-refractivity contribution is 5.19. The van der Waals surface area contributed by atoms with Crippen molar-refractivity contribution in [2.75, 3.05) is 6.61 Å². The van der Waals surface area contributed by atoms with Crippen molar-refractivity contribution in [3.05, 3.63) is 11.6 Å². The molecule has 1 heteroatoms. The van der Waals surface area contributed by atoms with E-state index in [1.807, 2.05) is 0 Å². The van der Waals surface area contributed by atoms with Crippen molar-refractivity contribution in [1.29, 1.82) is 0 Å². The molecule has 2 bridgehead atoms. The lowest BCUT2D eigenvalue weighted by Gasteiger charge is -2.08. The topological polar surface area (TPSA) is 20.2 Å². The quantitative estimate of drug-likeness (QED) is 0.523. The Bertz CT molecular complexity index is 149. The van der Waals surface area contributed by atoms with Gasteiger partial charge in [-0.15, -0.1) is 0 Å². The molecule has 1 N–H and O–H groups in total. The Hall–Kier alpha value is -0.300. The highest BCUT2D eigenvalue weighted by atomic mass is 16.3. The van der Waals surface area contributed by atoms with Gasteiger partial charge < -0.3 is 5.11 Å². The van der Waals surface area contributed by atoms with Gasteiger partial charge in [0.05, 0.1) is 6.61 Å². The number of fused-ring (bicyclic) bond motifs is 2. The highest BCUT2D eigenvalue weighted by Gasteiger charge is 2.31. The smallest absolute Gasteiger partial charge is 0.0644 e. The number of aliphatic hydroxyl groups excluding tert-OH is 1. The van der Waals surface area contributed by atoms with E-state index in [0.29, 0.717) is 6.61 Å². The molecule has 1 fully saturated rings. The first-order valence-electron chi connectivity index (χ1n) is 3.71. The Morgan fingerprint density at radius 3 is 2.78 bits per heavy atom. The third-order valence-corrected chi connectivity index (χ3v) is 2.63. The summed E-state index contributed by atoms with van der Waals surface area (Å²) in [5, 5.41) is 8.82. The summed E-state index contributed by atoms with van der Waals surface area (Å²) < 4.78 is 0. The van der Waals surface area contributed by atoms with Crippen LogP contribution in [0, 0.1) is 11.8 Å². The molecule has 2 aliphatic rings. The molecule has 50 valence electrons. The Morgan fingerprint density at radius 1 is 1.56 bits per heavy atom. The van der Waals surface area contributed by atoms with Gasteiger partial charge in [-0.05, 0) is 36.7 Å². The van der Waals surface area contributed by atoms with E-state index in [2.05, 4.69) is 6.08 Å². The Labute approximate surface area is 55.4 Å². The van der Waals surface area contributed by atoms with Gasteiger partial charge >= 0.3 is 0 Å². The Morgan fingerprint density at radius 2 is 2.44 bits per heavy atom. The molecule has 9 heavy (non-hydrogen) atoms. The van der Waals surface area contributed by atoms with Crippen LogP contribution in [0.25, 0.3) is 0 Å². The molecular weight excluding hydrogens is 112 g/mol. The lowest BCUT2D eigenvalue weighted by molar-refractivity contribution is 0.315. The van der Waals surface area contributed by atoms with Gasteiger partial charge in [0, 0.05) is 0 Å². The first kappa shape index (κ1) is 5.48. The van der Waals surface area contributed by atoms with Gasteiger partial charge in [0.2, 0.25) is 0 Å². The highest BCUT2D eigenvalue weighted by Crippen LogP contribution is 2.43. The summed E-state index contributed by atoms with van der Waals surface area (Å²) in [7, 11) is 0. The van der Waals surface area contributed by atoms with Crippen LogP contribution < -0.4 is 0 Å². The molecule has 2 aliphatic carbocycles. The van der Waals surface area contributed by atoms with Gasteiger partial charge in [0.25, 0.3) is 0 Å². The lowest BCUT2D eigenvalue weighted by atomic mass is 10.00. The maximum absolute atomic E-state index is 8.82. The fourth-order valence-electron chi connectivity index (χ4n) is 2.13. The summed E-state index contributed by atoms with van der Waals surface area (Å²) >= 11 is 0. The van der Waals surface area contributed by atoms with Crippen LogP contribution in [-0.4, -0.2) is 11.7 Å². The van der Waals surface area contributed by atoms with Crippen LogP contribution >= 0.6 is 0 Å². The van der Waals surface area contributed by atoms with Crippen molar-refractivity contribution < 1.29 is 5.11 Å². The van der Waals surface area contributed by atoms with E-state index in [1.54, 1.807) is 0 Å². The van der Waals surface area contributed by atoms with Crippen LogP contribution in [-0.2, 0) is 0 Å². The van der Waals surface area contributed by atoms with E-state index in [1.165, 1.54) is 24.8 Å². The van der Waals surface area contributed by atoms with Crippen molar-refractivity contribution in [1.82, 2.24) is 0 Å². The third kappa shape index (κ3) is 0.715. The van der Waals surface area contributed by atoms with Crippen molar-refractivity contribution in [2.45, 2.75) is 19.3 Å². The maximum atomic E-state index is 8.82. The molecule has 0 aromatic rings. The summed E-state index contributed by atoms with van der Waals surface area (Å²) in [5.74, 6) is 1.59. The summed E-state index contributed by atoms with van der Waals surface area (Å²) in [6.07, 6.45) is 6.30. The first-order valence-corrected chi connectivity index (χ1v) is 3.71. The average Bonchev–Trinajstić information content (AvgIpc) is 2.45. The Kier molecular flexibility index (Phi) is 1.12. The summed E-state index contributed by atoms with van der Waals surface area (Å²) in [4.78, 5) is 0. The first-order chi connectivity index (χ1) is 4.40. The molecule has 2 unspecified atom stereocenters. The molecule has 1 nitrogen and oxygen atoms in total. The van der Waals surface area contributed by atoms with E-state index in [4.69, 9.17) is 5.11 Å². The van der Waals surface area contributed by atoms with Crippen LogP contribution in [0.3, 0.4) is 0 Å². The molecule has 0 aromatic heterocycles. The fourth-order valence-corrected chi connectivity index (χ4v) is 2.13. The second kappa shape index (κ2) is 1.84. The third-order valence-electron chi connectivity index (χ3n) is 2.63. The molecule has 0 spiro atoms. The zero-order chi connectivity index (χ0) is 6.27. The standard InChI is InChI=1S/C8H12O/c9-5-8-4-6-1-2-7(8)3-6/h4,6-7,9H,1-3,5H2. The SMILES string of the molecule is OCC1=CC2CCC1C2. The van der Waals surface area contributed by atoms with Gasteiger partial charge in [-0.2, -0.15) is 0 Å². The molecule has 0 amide bonds. The van der Waals surface area contributed by atoms with Crippen molar-refractivity contribution in [2.24, 2.45) is 11.8 Å². The molecule has 0 radical (unpaired) electrons. The lowest BCUT2D eigenvalue weighted by Crippen LogP contribution is -2.00. The fraction of sp³-hybridized carbons (Fsp3) is 0.750. The van der Waals surface area contributed by atoms with Crippen LogP contribution in [0.4, 0.5) is 0 Å². The van der Waals surface area contributed by atoms with Crippen molar-refractivity contribution in [3.63, 3.8) is 0 Å². The van der Waals surface area contributed by atoms with Gasteiger partial charge in [0.15, 0.2) is 0 Å². The van der Waals surface area contributed by atoms with Gasteiger partial charge in [-0.3, -0.25) is 0 Å². The monoisotopic (exact) mass is 124 g/mol. The zero-order valence-electron chi connectivity index (χ0n) is 5.51. The van der Waals surface area contributed by atoms with Crippen molar-refractivity contribution >= 4 is 0 Å². The van der Waals surface area contributed by atoms with E-state index in [0.717, 1.165) is 11.8 Å². The minimum atomic E-state index is 0.307. The van der Waals surface area contributed by atoms with Crippen LogP contribution in [0.5, 0.6) is 0 Å². The number of rotatable bonds is 1. The molecule has 0 aliphatic heterocycles. The van der Waals surface area contributed by atoms with Crippen LogP contribution in [0.1, 0.15) is 19.3 Å². The number of aliphatic hydroxyl groups is 1. The van der Waals surface area contributed by atoms with Crippen LogP contribution in [0.15, 0.2) is 11.6 Å². The Balaban J connectivity index is 2.18. The van der Waals surface area contributed by atoms with E-state index >= 15 is 0 Å². The summed E-state index contributed by atoms with van der Waals surface area (Å²) in [6, 6.07) is 0. The summed E-state index contributed by atoms with van der Waals surface area (Å²) in [5.41, 5.74) is 1.31. The van der Waals surface area contributed by atoms with E-state index in [9.17, 15) is 0 Å². The molecule has 0 saturated heterocycles. The van der Waals surface area contributed by atoms with E-state index < -0.39 is 0 Å². The zero-order valence-corrected chi connectivity index (χ0v) is 5.51. The van der Waals surface area contributed by atoms with Crippen molar-refractivity contribution in [3.8, 4) is 0 Å². The minimum Gasteiger partial charge on any atom is -0.392 e. The largest absolute Gasteiger partial charge is 0.392 e. The maximum Gasteiger partial charge on any atom is 0.0644 e. The van der Waals surface area contributed by atoms with Gasteiger partial charge in [-0.1, -0.05) is 6.08 Å². The number of allylic oxidation sites excluding steroid dienone is 1. The normalized spacial score (nSPS) is 39.4. The van der Waals surface area contributed by atoms with Crippen LogP contribution in [0.2, 0.25) is 0 Å². The minimum absolute atomic E-state index is 0.307. The molecule has 0 aromatic carbocycles. The predicted octanol–water partition coefficient (Wildman–Crippen LogP) is 1.33. The number of hydrogen-bond donors (Lipinski definition) is 1. The molecular formula is C8H12O. The molecule has 2 atom stereocenters. The second-order valence-electron chi connectivity index (χ2n) is 3.17. The summed E-state index contributed by atoms with van der Waals surface area (Å²) in [6.45, 7) is 0.307. The van der Waals surface area contributed by atoms with Gasteiger partial charge in [-0.25, -0.2) is 0 Å². The predicted molar refractivity (Wildman–Crippen MR) is 36.0 cm³/mol. The van der Waals surface area contributed by atoms with E-state index in [-0.39, 0.29) is 0 Å². The van der Waals surface area contributed by atoms with Gasteiger partial charge in [0.1, 0.15) is 0 Å². The second-order valence-corrected chi connectivity index (χ2v) is 3.17. The molecule has 2 rings (SSSR count).